The summed E-state index contributed by atoms with van der Waals surface area (Å²) in [6, 6.07) is 17.7. The molecule has 11 nitrogen and oxygen atoms in total. The molecular weight excluding hydrogens is 558 g/mol. The third-order valence-corrected chi connectivity index (χ3v) is 6.76. The number of rotatable bonds is 11. The molecule has 5 N–H and O–H groups in total. The van der Waals surface area contributed by atoms with Crippen LogP contribution in [0.2, 0.25) is 0 Å². The Morgan fingerprint density at radius 2 is 1.66 bits per heavy atom. The average molecular weight is 600 g/mol. The molecule has 0 aliphatic carbocycles. The van der Waals surface area contributed by atoms with Gasteiger partial charge < -0.3 is 30.6 Å². The van der Waals surface area contributed by atoms with Crippen LogP contribution < -0.4 is 21.3 Å². The molecule has 1 unspecified atom stereocenters. The monoisotopic (exact) mass is 599 g/mol. The summed E-state index contributed by atoms with van der Waals surface area (Å²) in [5, 5.41) is 12.6. The molecule has 4 aromatic rings. The Kier molecular flexibility index (Phi) is 10.6. The molecule has 0 aliphatic heterocycles. The molecule has 232 valence electrons. The van der Waals surface area contributed by atoms with Crippen LogP contribution in [0.1, 0.15) is 54.8 Å². The quantitative estimate of drug-likeness (QED) is 0.150. The molecule has 2 aromatic carbocycles. The van der Waals surface area contributed by atoms with Gasteiger partial charge in [0, 0.05) is 29.8 Å². The second kappa shape index (κ2) is 14.5. The van der Waals surface area contributed by atoms with Gasteiger partial charge in [0.2, 0.25) is 0 Å². The fourth-order valence-corrected chi connectivity index (χ4v) is 4.61. The first kappa shape index (κ1) is 32.0. The summed E-state index contributed by atoms with van der Waals surface area (Å²) in [4.78, 5) is 47.9. The van der Waals surface area contributed by atoms with E-state index >= 15 is 0 Å². The topological polar surface area (TPSA) is 140 Å². The fraction of sp³-hybridized carbons (Fsp3) is 0.333. The van der Waals surface area contributed by atoms with Gasteiger partial charge in [-0.3, -0.25) is 15.1 Å². The minimum atomic E-state index is -0.661. The van der Waals surface area contributed by atoms with Gasteiger partial charge in [0.1, 0.15) is 11.3 Å². The highest BCUT2D eigenvalue weighted by Gasteiger charge is 2.19. The molecule has 44 heavy (non-hydrogen) atoms. The molecule has 4 rings (SSSR count). The number of para-hydroxylation sites is 3. The first-order valence-corrected chi connectivity index (χ1v) is 14.6. The minimum absolute atomic E-state index is 0.190. The summed E-state index contributed by atoms with van der Waals surface area (Å²) < 4.78 is 5.32. The number of urea groups is 1. The molecule has 0 bridgehead atoms. The van der Waals surface area contributed by atoms with Crippen molar-refractivity contribution >= 4 is 40.3 Å². The van der Waals surface area contributed by atoms with Gasteiger partial charge in [-0.05, 0) is 89.6 Å². The SMILES string of the molecule is CN(C)CCC(NC(=O)NCCc1c[nH]c2ccccc12)c1ccc(C(=O)Nc2ccccc2NC(=O)OC(C)(C)C)nc1. The summed E-state index contributed by atoms with van der Waals surface area (Å²) in [5.41, 5.74) is 3.33. The fourth-order valence-electron chi connectivity index (χ4n) is 4.61. The first-order valence-electron chi connectivity index (χ1n) is 14.6. The molecule has 0 spiro atoms. The van der Waals surface area contributed by atoms with Gasteiger partial charge >= 0.3 is 12.1 Å². The van der Waals surface area contributed by atoms with Crippen molar-refractivity contribution in [2.45, 2.75) is 45.3 Å². The van der Waals surface area contributed by atoms with E-state index in [1.807, 2.05) is 43.4 Å². The maximum atomic E-state index is 13.0. The van der Waals surface area contributed by atoms with E-state index in [-0.39, 0.29) is 17.8 Å². The number of amides is 4. The van der Waals surface area contributed by atoms with Gasteiger partial charge in [-0.2, -0.15) is 0 Å². The van der Waals surface area contributed by atoms with Crippen LogP contribution >= 0.6 is 0 Å². The lowest BCUT2D eigenvalue weighted by atomic mass is 10.1. The molecule has 11 heteroatoms. The van der Waals surface area contributed by atoms with Crippen molar-refractivity contribution in [2.75, 3.05) is 37.8 Å². The number of hydrogen-bond acceptors (Lipinski definition) is 6. The number of pyridine rings is 1. The van der Waals surface area contributed by atoms with E-state index in [0.29, 0.717) is 30.8 Å². The van der Waals surface area contributed by atoms with Crippen LogP contribution in [-0.2, 0) is 11.2 Å². The van der Waals surface area contributed by atoms with Crippen molar-refractivity contribution in [1.29, 1.82) is 0 Å². The molecule has 0 radical (unpaired) electrons. The Bertz CT molecular complexity index is 1580. The Hall–Kier alpha value is -4.90. The van der Waals surface area contributed by atoms with Crippen LogP contribution in [-0.4, -0.2) is 65.7 Å². The molecular formula is C33H41N7O4. The van der Waals surface area contributed by atoms with Gasteiger partial charge in [-0.1, -0.05) is 36.4 Å². The zero-order chi connectivity index (χ0) is 31.7. The maximum absolute atomic E-state index is 13.0. The number of benzene rings is 2. The van der Waals surface area contributed by atoms with Crippen LogP contribution in [0.15, 0.2) is 73.1 Å². The number of carbonyl (C=O) groups excluding carboxylic acids is 3. The Balaban J connectivity index is 1.37. The van der Waals surface area contributed by atoms with Crippen molar-refractivity contribution in [3.63, 3.8) is 0 Å². The summed E-state index contributed by atoms with van der Waals surface area (Å²) in [6.45, 7) is 6.54. The molecule has 2 heterocycles. The zero-order valence-electron chi connectivity index (χ0n) is 25.9. The van der Waals surface area contributed by atoms with Crippen LogP contribution in [0.4, 0.5) is 21.0 Å². The third-order valence-electron chi connectivity index (χ3n) is 6.76. The number of aromatic amines is 1. The number of aromatic nitrogens is 2. The van der Waals surface area contributed by atoms with E-state index in [4.69, 9.17) is 4.74 Å². The average Bonchev–Trinajstić information content (AvgIpc) is 3.38. The molecule has 0 fully saturated rings. The van der Waals surface area contributed by atoms with Crippen molar-refractivity contribution in [2.24, 2.45) is 0 Å². The number of anilines is 2. The predicted octanol–water partition coefficient (Wildman–Crippen LogP) is 5.70. The van der Waals surface area contributed by atoms with Gasteiger partial charge in [0.05, 0.1) is 17.4 Å². The molecule has 0 saturated carbocycles. The smallest absolute Gasteiger partial charge is 0.412 e. The van der Waals surface area contributed by atoms with E-state index in [1.165, 1.54) is 0 Å². The summed E-state index contributed by atoms with van der Waals surface area (Å²) in [7, 11) is 3.94. The number of ether oxygens (including phenoxy) is 1. The molecule has 0 saturated heterocycles. The van der Waals surface area contributed by atoms with Crippen molar-refractivity contribution in [3.05, 3.63) is 89.9 Å². The first-order chi connectivity index (χ1) is 21.0. The molecule has 1 atom stereocenters. The number of hydrogen-bond donors (Lipinski definition) is 5. The van der Waals surface area contributed by atoms with E-state index < -0.39 is 17.6 Å². The number of carbonyl (C=O) groups is 3. The van der Waals surface area contributed by atoms with Crippen LogP contribution in [0.25, 0.3) is 10.9 Å². The van der Waals surface area contributed by atoms with Crippen LogP contribution in [0, 0.1) is 0 Å². The van der Waals surface area contributed by atoms with Gasteiger partial charge in [-0.25, -0.2) is 9.59 Å². The van der Waals surface area contributed by atoms with Crippen LogP contribution in [0.5, 0.6) is 0 Å². The zero-order valence-corrected chi connectivity index (χ0v) is 25.9. The Morgan fingerprint density at radius 3 is 2.34 bits per heavy atom. The van der Waals surface area contributed by atoms with E-state index in [9.17, 15) is 14.4 Å². The van der Waals surface area contributed by atoms with Gasteiger partial charge in [0.15, 0.2) is 0 Å². The summed E-state index contributed by atoms with van der Waals surface area (Å²) in [5.74, 6) is -0.442. The molecule has 2 aromatic heterocycles. The van der Waals surface area contributed by atoms with E-state index in [2.05, 4.69) is 37.3 Å². The Morgan fingerprint density at radius 1 is 0.955 bits per heavy atom. The lowest BCUT2D eigenvalue weighted by Gasteiger charge is -2.21. The number of fused-ring (bicyclic) bond motifs is 1. The van der Waals surface area contributed by atoms with E-state index in [0.717, 1.165) is 28.6 Å². The summed E-state index contributed by atoms with van der Waals surface area (Å²) in [6.07, 6.45) is 4.30. The van der Waals surface area contributed by atoms with Crippen molar-refractivity contribution in [3.8, 4) is 0 Å². The molecule has 0 aliphatic rings. The number of nitrogens with one attached hydrogen (secondary N) is 5. The lowest BCUT2D eigenvalue weighted by molar-refractivity contribution is 0.0635. The molecule has 4 amide bonds. The highest BCUT2D eigenvalue weighted by atomic mass is 16.6. The van der Waals surface area contributed by atoms with Gasteiger partial charge in [0.25, 0.3) is 5.91 Å². The number of nitrogens with zero attached hydrogens (tertiary/aromatic N) is 2. The van der Waals surface area contributed by atoms with Gasteiger partial charge in [-0.15, -0.1) is 0 Å². The standard InChI is InChI=1S/C33H41N7O4/c1-33(2,3)44-32(43)39-28-13-9-8-12-27(28)37-30(41)29-15-14-23(21-36-29)25(17-19-40(4)5)38-31(42)34-18-16-22-20-35-26-11-7-6-10-24(22)26/h6-15,20-21,25,35H,16-19H2,1-5H3,(H,37,41)(H,39,43)(H2,34,38,42). The Labute approximate surface area is 257 Å². The number of H-pyrrole nitrogens is 1. The largest absolute Gasteiger partial charge is 0.444 e. The normalized spacial score (nSPS) is 12.0. The second-order valence-electron chi connectivity index (χ2n) is 11.8. The summed E-state index contributed by atoms with van der Waals surface area (Å²) >= 11 is 0. The maximum Gasteiger partial charge on any atom is 0.412 e. The van der Waals surface area contributed by atoms with Crippen molar-refractivity contribution < 1.29 is 19.1 Å². The van der Waals surface area contributed by atoms with E-state index in [1.54, 1.807) is 63.4 Å². The predicted molar refractivity (Wildman–Crippen MR) is 173 cm³/mol. The second-order valence-corrected chi connectivity index (χ2v) is 11.8. The highest BCUT2D eigenvalue weighted by Crippen LogP contribution is 2.23. The van der Waals surface area contributed by atoms with Crippen LogP contribution in [0.3, 0.4) is 0 Å². The third kappa shape index (κ3) is 9.30. The minimum Gasteiger partial charge on any atom is -0.444 e. The highest BCUT2D eigenvalue weighted by molar-refractivity contribution is 6.05. The lowest BCUT2D eigenvalue weighted by Crippen LogP contribution is -2.39. The van der Waals surface area contributed by atoms with Crippen molar-refractivity contribution in [1.82, 2.24) is 25.5 Å².